The summed E-state index contributed by atoms with van der Waals surface area (Å²) in [5.74, 6) is 2.33. The zero-order valence-corrected chi connectivity index (χ0v) is 11.0. The molecule has 0 aliphatic heterocycles. The summed E-state index contributed by atoms with van der Waals surface area (Å²) in [6.45, 7) is 0. The number of benzene rings is 2. The topological polar surface area (TPSA) is 47.3 Å². The Morgan fingerprint density at radius 1 is 0.950 bits per heavy atom. The van der Waals surface area contributed by atoms with Crippen LogP contribution in [0.1, 0.15) is 0 Å². The van der Waals surface area contributed by atoms with Crippen molar-refractivity contribution in [3.05, 3.63) is 60.8 Å². The molecule has 1 N–H and O–H groups in total. The van der Waals surface area contributed by atoms with Gasteiger partial charge in [0.25, 0.3) is 6.01 Å². The Bertz CT molecular complexity index is 675. The standard InChI is InChI=1S/C16H14N2O2/c1-17-16-18-11-15(20-16)12-7-9-14(10-8-12)19-13-5-3-2-4-6-13/h2-11H,1H3,(H,17,18). The first-order valence-corrected chi connectivity index (χ1v) is 6.32. The molecule has 1 heterocycles. The Kier molecular flexibility index (Phi) is 3.37. The molecule has 4 nitrogen and oxygen atoms in total. The van der Waals surface area contributed by atoms with E-state index >= 15 is 0 Å². The Hall–Kier alpha value is -2.75. The van der Waals surface area contributed by atoms with Gasteiger partial charge in [-0.25, -0.2) is 4.98 Å². The van der Waals surface area contributed by atoms with Crippen molar-refractivity contribution in [1.82, 2.24) is 4.98 Å². The second kappa shape index (κ2) is 5.48. The predicted molar refractivity (Wildman–Crippen MR) is 78.0 cm³/mol. The van der Waals surface area contributed by atoms with Gasteiger partial charge in [0.1, 0.15) is 11.5 Å². The highest BCUT2D eigenvalue weighted by atomic mass is 16.5. The van der Waals surface area contributed by atoms with E-state index < -0.39 is 0 Å². The largest absolute Gasteiger partial charge is 0.457 e. The average Bonchev–Trinajstić information content (AvgIpc) is 2.98. The Morgan fingerprint density at radius 3 is 2.30 bits per heavy atom. The molecule has 2 aromatic carbocycles. The molecule has 0 fully saturated rings. The van der Waals surface area contributed by atoms with Crippen molar-refractivity contribution in [3.63, 3.8) is 0 Å². The van der Waals surface area contributed by atoms with E-state index in [4.69, 9.17) is 9.15 Å². The molecule has 3 aromatic rings. The van der Waals surface area contributed by atoms with E-state index in [1.54, 1.807) is 13.2 Å². The normalized spacial score (nSPS) is 10.2. The van der Waals surface area contributed by atoms with Crippen LogP contribution >= 0.6 is 0 Å². The minimum absolute atomic E-state index is 0.504. The highest BCUT2D eigenvalue weighted by molar-refractivity contribution is 5.58. The molecular weight excluding hydrogens is 252 g/mol. The summed E-state index contributed by atoms with van der Waals surface area (Å²) in [7, 11) is 1.77. The minimum atomic E-state index is 0.504. The van der Waals surface area contributed by atoms with Crippen LogP contribution in [0.4, 0.5) is 6.01 Å². The van der Waals surface area contributed by atoms with Crippen molar-refractivity contribution < 1.29 is 9.15 Å². The van der Waals surface area contributed by atoms with E-state index in [-0.39, 0.29) is 0 Å². The fourth-order valence-electron chi connectivity index (χ4n) is 1.84. The van der Waals surface area contributed by atoms with Crippen LogP contribution in [0.2, 0.25) is 0 Å². The fraction of sp³-hybridized carbons (Fsp3) is 0.0625. The van der Waals surface area contributed by atoms with Crippen LogP contribution in [0.3, 0.4) is 0 Å². The highest BCUT2D eigenvalue weighted by Gasteiger charge is 2.05. The molecule has 0 saturated heterocycles. The van der Waals surface area contributed by atoms with Gasteiger partial charge >= 0.3 is 0 Å². The number of hydrogen-bond acceptors (Lipinski definition) is 4. The van der Waals surface area contributed by atoms with Gasteiger partial charge in [-0.1, -0.05) is 18.2 Å². The van der Waals surface area contributed by atoms with Crippen molar-refractivity contribution in [3.8, 4) is 22.8 Å². The number of anilines is 1. The third kappa shape index (κ3) is 2.64. The maximum Gasteiger partial charge on any atom is 0.294 e. The molecule has 0 bridgehead atoms. The molecule has 0 atom stereocenters. The molecule has 3 rings (SSSR count). The van der Waals surface area contributed by atoms with Gasteiger partial charge in [0.2, 0.25) is 0 Å². The number of oxazole rings is 1. The smallest absolute Gasteiger partial charge is 0.294 e. The molecule has 0 unspecified atom stereocenters. The molecule has 0 spiro atoms. The lowest BCUT2D eigenvalue weighted by Gasteiger charge is -2.05. The molecule has 0 radical (unpaired) electrons. The van der Waals surface area contributed by atoms with Crippen LogP contribution in [0.15, 0.2) is 65.2 Å². The molecule has 100 valence electrons. The van der Waals surface area contributed by atoms with E-state index in [9.17, 15) is 0 Å². The third-order valence-corrected chi connectivity index (χ3v) is 2.84. The summed E-state index contributed by atoms with van der Waals surface area (Å²) in [6.07, 6.45) is 1.69. The van der Waals surface area contributed by atoms with Gasteiger partial charge in [0.15, 0.2) is 5.76 Å². The van der Waals surface area contributed by atoms with Gasteiger partial charge in [-0.2, -0.15) is 0 Å². The molecule has 0 saturated carbocycles. The maximum absolute atomic E-state index is 5.74. The summed E-state index contributed by atoms with van der Waals surface area (Å²) < 4.78 is 11.3. The number of hydrogen-bond donors (Lipinski definition) is 1. The summed E-state index contributed by atoms with van der Waals surface area (Å²) in [6, 6.07) is 17.9. The Labute approximate surface area is 117 Å². The monoisotopic (exact) mass is 266 g/mol. The summed E-state index contributed by atoms with van der Waals surface area (Å²) in [4.78, 5) is 4.09. The summed E-state index contributed by atoms with van der Waals surface area (Å²) in [5.41, 5.74) is 0.958. The first-order valence-electron chi connectivity index (χ1n) is 6.32. The SMILES string of the molecule is CNc1ncc(-c2ccc(Oc3ccccc3)cc2)o1. The van der Waals surface area contributed by atoms with Crippen LogP contribution in [0, 0.1) is 0 Å². The lowest BCUT2D eigenvalue weighted by atomic mass is 10.2. The maximum atomic E-state index is 5.74. The molecule has 0 aliphatic rings. The second-order valence-electron chi connectivity index (χ2n) is 4.22. The van der Waals surface area contributed by atoms with Gasteiger partial charge in [0, 0.05) is 12.6 Å². The zero-order chi connectivity index (χ0) is 13.8. The summed E-state index contributed by atoms with van der Waals surface area (Å²) >= 11 is 0. The van der Waals surface area contributed by atoms with Gasteiger partial charge in [0.05, 0.1) is 6.20 Å². The Balaban J connectivity index is 1.77. The zero-order valence-electron chi connectivity index (χ0n) is 11.0. The number of nitrogens with one attached hydrogen (secondary N) is 1. The van der Waals surface area contributed by atoms with Gasteiger partial charge in [-0.15, -0.1) is 0 Å². The highest BCUT2D eigenvalue weighted by Crippen LogP contribution is 2.26. The molecule has 20 heavy (non-hydrogen) atoms. The van der Waals surface area contributed by atoms with Crippen LogP contribution in [0.25, 0.3) is 11.3 Å². The number of nitrogens with zero attached hydrogens (tertiary/aromatic N) is 1. The van der Waals surface area contributed by atoms with Crippen molar-refractivity contribution >= 4 is 6.01 Å². The first kappa shape index (κ1) is 12.3. The lowest BCUT2D eigenvalue weighted by Crippen LogP contribution is -1.85. The quantitative estimate of drug-likeness (QED) is 0.769. The van der Waals surface area contributed by atoms with E-state index in [0.717, 1.165) is 22.8 Å². The van der Waals surface area contributed by atoms with E-state index in [1.165, 1.54) is 0 Å². The van der Waals surface area contributed by atoms with Gasteiger partial charge in [-0.05, 0) is 36.4 Å². The fourth-order valence-corrected chi connectivity index (χ4v) is 1.84. The van der Waals surface area contributed by atoms with Gasteiger partial charge in [-0.3, -0.25) is 0 Å². The molecule has 0 amide bonds. The van der Waals surface area contributed by atoms with Crippen LogP contribution in [-0.4, -0.2) is 12.0 Å². The van der Waals surface area contributed by atoms with E-state index in [2.05, 4.69) is 10.3 Å². The number of para-hydroxylation sites is 1. The number of ether oxygens (including phenoxy) is 1. The summed E-state index contributed by atoms with van der Waals surface area (Å²) in [5, 5.41) is 2.86. The molecule has 1 aromatic heterocycles. The Morgan fingerprint density at radius 2 is 1.65 bits per heavy atom. The first-order chi connectivity index (χ1) is 9.85. The molecular formula is C16H14N2O2. The van der Waals surface area contributed by atoms with Crippen LogP contribution in [-0.2, 0) is 0 Å². The molecule has 0 aliphatic carbocycles. The van der Waals surface area contributed by atoms with Crippen molar-refractivity contribution in [2.45, 2.75) is 0 Å². The third-order valence-electron chi connectivity index (χ3n) is 2.84. The lowest BCUT2D eigenvalue weighted by molar-refractivity contribution is 0.482. The van der Waals surface area contributed by atoms with Crippen molar-refractivity contribution in [2.24, 2.45) is 0 Å². The number of aromatic nitrogens is 1. The second-order valence-corrected chi connectivity index (χ2v) is 4.22. The minimum Gasteiger partial charge on any atom is -0.457 e. The van der Waals surface area contributed by atoms with Crippen molar-refractivity contribution in [1.29, 1.82) is 0 Å². The molecule has 4 heteroatoms. The van der Waals surface area contributed by atoms with Crippen LogP contribution < -0.4 is 10.1 Å². The average molecular weight is 266 g/mol. The van der Waals surface area contributed by atoms with Gasteiger partial charge < -0.3 is 14.5 Å². The van der Waals surface area contributed by atoms with Crippen LogP contribution in [0.5, 0.6) is 11.5 Å². The van der Waals surface area contributed by atoms with E-state index in [1.807, 2.05) is 54.6 Å². The number of rotatable bonds is 4. The predicted octanol–water partition coefficient (Wildman–Crippen LogP) is 4.18. The van der Waals surface area contributed by atoms with E-state index in [0.29, 0.717) is 6.01 Å². The van der Waals surface area contributed by atoms with Crippen molar-refractivity contribution in [2.75, 3.05) is 12.4 Å².